The predicted octanol–water partition coefficient (Wildman–Crippen LogP) is -0.00985. The van der Waals surface area contributed by atoms with Crippen molar-refractivity contribution in [2.45, 2.75) is 0 Å². The molecule has 0 bridgehead atoms. The molecule has 3 nitrogen and oxygen atoms in total. The molecular weight excluding hydrogens is 112 g/mol. The van der Waals surface area contributed by atoms with Gasteiger partial charge >= 0.3 is 27.3 Å². The summed E-state index contributed by atoms with van der Waals surface area (Å²) in [7, 11) is 0. The number of hydrogen-bond acceptors (Lipinski definition) is 2. The van der Waals surface area contributed by atoms with Gasteiger partial charge in [0.05, 0.1) is 0 Å². The quantitative estimate of drug-likeness (QED) is 0.251. The standard InChI is InChI=1S/CN.Fe.NO/c1-2;;1-2/q-1;+2;+1. The average molecular weight is 112 g/mol. The second-order valence-corrected chi connectivity index (χ2v) is 0. The van der Waals surface area contributed by atoms with Gasteiger partial charge in [-0.2, -0.15) is 0 Å². The molecule has 0 atom stereocenters. The summed E-state index contributed by atoms with van der Waals surface area (Å²) in [6, 6.07) is 0. The van der Waals surface area contributed by atoms with Crippen molar-refractivity contribution in [2.24, 2.45) is 0 Å². The molecule has 0 aliphatic rings. The van der Waals surface area contributed by atoms with Crippen molar-refractivity contribution in [1.82, 2.24) is 0 Å². The van der Waals surface area contributed by atoms with E-state index in [9.17, 15) is 0 Å². The monoisotopic (exact) mass is 112 g/mol. The van der Waals surface area contributed by atoms with Crippen molar-refractivity contribution >= 4 is 0 Å². The predicted molar refractivity (Wildman–Crippen MR) is 7.38 cm³/mol. The molecule has 0 aromatic carbocycles. The first-order valence-corrected chi connectivity index (χ1v) is 0.406. The molecule has 0 saturated carbocycles. The molecule has 5 heavy (non-hydrogen) atoms. The van der Waals surface area contributed by atoms with Gasteiger partial charge in [0.1, 0.15) is 0 Å². The Kier molecular flexibility index (Phi) is 1160. The van der Waals surface area contributed by atoms with Gasteiger partial charge in [-0.3, -0.25) is 0 Å². The van der Waals surface area contributed by atoms with Gasteiger partial charge in [-0.05, 0) is 0 Å². The molecular formula is CFeN2O+2. The van der Waals surface area contributed by atoms with Crippen molar-refractivity contribution in [2.75, 3.05) is 0 Å². The molecule has 0 amide bonds. The third-order valence-electron chi connectivity index (χ3n) is 0. The molecule has 0 spiro atoms. The van der Waals surface area contributed by atoms with Gasteiger partial charge in [-0.1, -0.05) is 0 Å². The van der Waals surface area contributed by atoms with Crippen LogP contribution in [-0.4, -0.2) is 0 Å². The molecule has 0 radical (unpaired) electrons. The van der Waals surface area contributed by atoms with E-state index < -0.39 is 0 Å². The van der Waals surface area contributed by atoms with Crippen LogP contribution in [0, 0.1) is 17.3 Å². The van der Waals surface area contributed by atoms with Gasteiger partial charge in [-0.25, -0.2) is 0 Å². The van der Waals surface area contributed by atoms with E-state index in [1.54, 1.807) is 0 Å². The van der Waals surface area contributed by atoms with Gasteiger partial charge < -0.3 is 11.8 Å². The Hall–Kier alpha value is -0.321. The third kappa shape index (κ3) is 101. The maximum Gasteiger partial charge on any atom is 2.00 e. The van der Waals surface area contributed by atoms with Crippen LogP contribution in [0.2, 0.25) is 0 Å². The van der Waals surface area contributed by atoms with Crippen LogP contribution >= 0.6 is 0 Å². The summed E-state index contributed by atoms with van der Waals surface area (Å²) in [5.41, 5.74) is 5.75. The molecule has 0 saturated heterocycles. The second-order valence-electron chi connectivity index (χ2n) is 0. The molecule has 0 fully saturated rings. The first-order chi connectivity index (χ1) is 2.00. The summed E-state index contributed by atoms with van der Waals surface area (Å²) in [4.78, 5) is 0. The molecule has 0 unspecified atom stereocenters. The van der Waals surface area contributed by atoms with Crippen LogP contribution < -0.4 is 0 Å². The normalized spacial score (nSPS) is 0.800. The third-order valence-corrected chi connectivity index (χ3v) is 0. The first kappa shape index (κ1) is 22.5. The molecule has 26 valence electrons. The van der Waals surface area contributed by atoms with E-state index in [4.69, 9.17) is 22.1 Å². The Bertz CT molecular complexity index is 25.1. The molecule has 0 aliphatic carbocycles. The fraction of sp³-hybridized carbons (Fsp3) is 0. The summed E-state index contributed by atoms with van der Waals surface area (Å²) in [6.07, 6.45) is 0. The minimum Gasteiger partial charge on any atom is -0.512 e. The minimum absolute atomic E-state index is 0. The maximum atomic E-state index is 7.25. The zero-order chi connectivity index (χ0) is 4.00. The number of hydrogen-bond donors (Lipinski definition) is 0. The smallest absolute Gasteiger partial charge is 0.512 e. The fourth-order valence-electron chi connectivity index (χ4n) is 0. The van der Waals surface area contributed by atoms with Crippen LogP contribution in [0.3, 0.4) is 0 Å². The largest absolute Gasteiger partial charge is 2.00 e. The zero-order valence-electron chi connectivity index (χ0n) is 2.16. The molecule has 0 heterocycles. The number of rotatable bonds is 0. The average Bonchev–Trinajstić information content (AvgIpc) is 1.50. The topological polar surface area (TPSA) is 67.5 Å². The van der Waals surface area contributed by atoms with E-state index >= 15 is 0 Å². The van der Waals surface area contributed by atoms with Gasteiger partial charge in [-0.15, -0.1) is 0 Å². The minimum atomic E-state index is 0. The molecule has 0 aromatic heterocycles. The maximum absolute atomic E-state index is 7.25. The van der Waals surface area contributed by atoms with Gasteiger partial charge in [0.15, 0.2) is 0 Å². The molecule has 4 heteroatoms. The van der Waals surface area contributed by atoms with Crippen molar-refractivity contribution in [3.63, 3.8) is 0 Å². The van der Waals surface area contributed by atoms with E-state index in [1.807, 2.05) is 0 Å². The van der Waals surface area contributed by atoms with Crippen molar-refractivity contribution in [1.29, 1.82) is 10.7 Å². The Labute approximate surface area is 40.0 Å². The van der Waals surface area contributed by atoms with Crippen LogP contribution in [0.15, 0.2) is 0 Å². The van der Waals surface area contributed by atoms with Gasteiger partial charge in [0, 0.05) is 0 Å². The van der Waals surface area contributed by atoms with E-state index in [1.165, 1.54) is 0 Å². The molecule has 0 aliphatic heterocycles. The summed E-state index contributed by atoms with van der Waals surface area (Å²) in [5, 5.41) is 6.25. The zero-order valence-corrected chi connectivity index (χ0v) is 3.26. The van der Waals surface area contributed by atoms with Crippen molar-refractivity contribution < 1.29 is 21.8 Å². The summed E-state index contributed by atoms with van der Waals surface area (Å²) in [6.45, 7) is 4.75. The van der Waals surface area contributed by atoms with E-state index in [-0.39, 0.29) is 17.1 Å². The fourth-order valence-corrected chi connectivity index (χ4v) is 0. The van der Waals surface area contributed by atoms with Crippen LogP contribution in [-0.2, 0) is 21.8 Å². The molecule has 0 N–H and O–H groups in total. The summed E-state index contributed by atoms with van der Waals surface area (Å²) < 4.78 is 7.25. The van der Waals surface area contributed by atoms with Crippen LogP contribution in [0.4, 0.5) is 0 Å². The summed E-state index contributed by atoms with van der Waals surface area (Å²) >= 11 is 0. The Morgan fingerprint density at radius 2 is 1.20 bits per heavy atom. The molecule has 0 aromatic rings. The molecule has 0 rings (SSSR count). The summed E-state index contributed by atoms with van der Waals surface area (Å²) in [5.74, 6) is 0. The SMILES string of the molecule is N#[O+].[C-]#N.[Fe+2]. The Morgan fingerprint density at radius 1 is 1.20 bits per heavy atom. The second kappa shape index (κ2) is 257. The van der Waals surface area contributed by atoms with E-state index in [0.29, 0.717) is 0 Å². The van der Waals surface area contributed by atoms with Gasteiger partial charge in [0.2, 0.25) is 0 Å². The number of nitrogens with zero attached hydrogens (tertiary/aromatic N) is 2. The van der Waals surface area contributed by atoms with Crippen LogP contribution in [0.25, 0.3) is 0 Å². The van der Waals surface area contributed by atoms with Crippen LogP contribution in [0.5, 0.6) is 0 Å². The van der Waals surface area contributed by atoms with Gasteiger partial charge in [0.25, 0.3) is 0 Å². The van der Waals surface area contributed by atoms with Crippen molar-refractivity contribution in [3.8, 4) is 0 Å². The van der Waals surface area contributed by atoms with Crippen LogP contribution in [0.1, 0.15) is 0 Å². The van der Waals surface area contributed by atoms with Crippen molar-refractivity contribution in [3.05, 3.63) is 6.57 Å². The first-order valence-electron chi connectivity index (χ1n) is 0.406. The van der Waals surface area contributed by atoms with E-state index in [2.05, 4.69) is 0 Å². The Morgan fingerprint density at radius 3 is 1.20 bits per heavy atom. The van der Waals surface area contributed by atoms with E-state index in [0.717, 1.165) is 0 Å². The Balaban J connectivity index is -0.0000000133.